The number of para-hydroxylation sites is 1. The first-order chi connectivity index (χ1) is 13.7. The van der Waals surface area contributed by atoms with E-state index in [9.17, 15) is 9.59 Å². The van der Waals surface area contributed by atoms with Gasteiger partial charge in [-0.15, -0.1) is 0 Å². The number of hydrogen-bond acceptors (Lipinski definition) is 4. The van der Waals surface area contributed by atoms with Crippen LogP contribution in [-0.4, -0.2) is 24.7 Å². The molecular weight excluding hydrogens is 368 g/mol. The molecular formula is C23H30N2O4. The van der Waals surface area contributed by atoms with Gasteiger partial charge in [0.05, 0.1) is 13.2 Å². The van der Waals surface area contributed by atoms with Crippen LogP contribution in [0.1, 0.15) is 61.6 Å². The summed E-state index contributed by atoms with van der Waals surface area (Å²) in [4.78, 5) is 24.9. The molecule has 156 valence electrons. The minimum atomic E-state index is -0.579. The highest BCUT2D eigenvalue weighted by Gasteiger charge is 2.20. The number of carbonyl (C=O) groups excluding carboxylic acids is 2. The largest absolute Gasteiger partial charge is 0.496 e. The molecule has 29 heavy (non-hydrogen) atoms. The lowest BCUT2D eigenvalue weighted by atomic mass is 10.0. The smallest absolute Gasteiger partial charge is 0.407 e. The number of benzene rings is 2. The fraction of sp³-hybridized carbons (Fsp3) is 0.391. The zero-order valence-electron chi connectivity index (χ0n) is 17.7. The maximum Gasteiger partial charge on any atom is 0.407 e. The second kappa shape index (κ2) is 9.96. The third-order valence-electron chi connectivity index (χ3n) is 4.31. The Kier molecular flexibility index (Phi) is 7.65. The molecule has 0 aliphatic carbocycles. The number of nitrogens with one attached hydrogen (secondary N) is 2. The van der Waals surface area contributed by atoms with E-state index in [-0.39, 0.29) is 18.5 Å². The van der Waals surface area contributed by atoms with Crippen molar-refractivity contribution in [3.63, 3.8) is 0 Å². The molecule has 2 aromatic rings. The van der Waals surface area contributed by atoms with E-state index in [0.29, 0.717) is 17.5 Å². The lowest BCUT2D eigenvalue weighted by Gasteiger charge is -2.21. The maximum absolute atomic E-state index is 13.0. The maximum atomic E-state index is 13.0. The van der Waals surface area contributed by atoms with E-state index in [1.807, 2.05) is 43.3 Å². The lowest BCUT2D eigenvalue weighted by Crippen LogP contribution is -2.33. The van der Waals surface area contributed by atoms with Gasteiger partial charge in [-0.1, -0.05) is 43.3 Å². The molecule has 2 rings (SSSR count). The van der Waals surface area contributed by atoms with Gasteiger partial charge in [0.2, 0.25) is 0 Å². The Bertz CT molecular complexity index is 843. The Morgan fingerprint density at radius 3 is 2.34 bits per heavy atom. The van der Waals surface area contributed by atoms with Crippen LogP contribution >= 0.6 is 0 Å². The van der Waals surface area contributed by atoms with Crippen LogP contribution in [0, 0.1) is 0 Å². The van der Waals surface area contributed by atoms with Gasteiger partial charge < -0.3 is 20.1 Å². The molecule has 0 fully saturated rings. The molecule has 0 heterocycles. The highest BCUT2D eigenvalue weighted by molar-refractivity contribution is 5.96. The summed E-state index contributed by atoms with van der Waals surface area (Å²) in [5.74, 6) is 0.531. The highest BCUT2D eigenvalue weighted by atomic mass is 16.6. The predicted molar refractivity (Wildman–Crippen MR) is 113 cm³/mol. The summed E-state index contributed by atoms with van der Waals surface area (Å²) in [6.45, 7) is 7.61. The van der Waals surface area contributed by atoms with Crippen LogP contribution in [0.4, 0.5) is 4.79 Å². The average Bonchev–Trinajstić information content (AvgIpc) is 2.69. The van der Waals surface area contributed by atoms with Gasteiger partial charge in [-0.3, -0.25) is 4.79 Å². The molecule has 6 nitrogen and oxygen atoms in total. The number of carbonyl (C=O) groups is 2. The first-order valence-electron chi connectivity index (χ1n) is 9.73. The molecule has 2 aromatic carbocycles. The zero-order valence-corrected chi connectivity index (χ0v) is 17.7. The molecule has 1 atom stereocenters. The number of rotatable bonds is 7. The van der Waals surface area contributed by atoms with Crippen LogP contribution in [0.25, 0.3) is 0 Å². The molecule has 1 unspecified atom stereocenters. The second-order valence-corrected chi connectivity index (χ2v) is 7.69. The first-order valence-corrected chi connectivity index (χ1v) is 9.73. The monoisotopic (exact) mass is 398 g/mol. The molecule has 0 radical (unpaired) electrons. The summed E-state index contributed by atoms with van der Waals surface area (Å²) >= 11 is 0. The summed E-state index contributed by atoms with van der Waals surface area (Å²) < 4.78 is 10.7. The van der Waals surface area contributed by atoms with Gasteiger partial charge in [0.15, 0.2) is 0 Å². The summed E-state index contributed by atoms with van der Waals surface area (Å²) in [7, 11) is 1.62. The fourth-order valence-electron chi connectivity index (χ4n) is 2.97. The van der Waals surface area contributed by atoms with E-state index in [1.165, 1.54) is 0 Å². The molecule has 0 saturated carbocycles. The van der Waals surface area contributed by atoms with Gasteiger partial charge in [-0.25, -0.2) is 4.79 Å². The quantitative estimate of drug-likeness (QED) is 0.715. The van der Waals surface area contributed by atoms with Crippen LogP contribution in [0.3, 0.4) is 0 Å². The van der Waals surface area contributed by atoms with Crippen molar-refractivity contribution in [3.05, 3.63) is 65.2 Å². The Morgan fingerprint density at radius 1 is 1.03 bits per heavy atom. The normalized spacial score (nSPS) is 12.0. The van der Waals surface area contributed by atoms with Gasteiger partial charge in [0, 0.05) is 17.7 Å². The number of alkyl carbamates (subject to hydrolysis) is 1. The molecule has 0 saturated heterocycles. The third kappa shape index (κ3) is 6.52. The minimum Gasteiger partial charge on any atom is -0.496 e. The first kappa shape index (κ1) is 22.3. The number of hydrogen-bond donors (Lipinski definition) is 2. The molecule has 2 N–H and O–H groups in total. The summed E-state index contributed by atoms with van der Waals surface area (Å²) in [5.41, 5.74) is 1.57. The number of ether oxygens (including phenoxy) is 2. The highest BCUT2D eigenvalue weighted by Crippen LogP contribution is 2.27. The van der Waals surface area contributed by atoms with Crippen molar-refractivity contribution in [1.29, 1.82) is 0 Å². The standard InChI is InChI=1S/C23H30N2O4/c1-6-19(18-13-9-10-14-20(18)28-5)25-21(26)17-12-8-7-11-16(17)15-24-22(27)29-23(2,3)4/h7-14,19H,6,15H2,1-5H3,(H,24,27)(H,25,26). The summed E-state index contributed by atoms with van der Waals surface area (Å²) in [6.07, 6.45) is 0.193. The van der Waals surface area contributed by atoms with Crippen molar-refractivity contribution in [2.24, 2.45) is 0 Å². The molecule has 0 aromatic heterocycles. The van der Waals surface area contributed by atoms with Crippen LogP contribution < -0.4 is 15.4 Å². The van der Waals surface area contributed by atoms with Crippen molar-refractivity contribution in [2.75, 3.05) is 7.11 Å². The molecule has 0 aliphatic heterocycles. The third-order valence-corrected chi connectivity index (χ3v) is 4.31. The Balaban J connectivity index is 2.13. The van der Waals surface area contributed by atoms with Gasteiger partial charge in [0.25, 0.3) is 5.91 Å². The van der Waals surface area contributed by atoms with Crippen LogP contribution in [0.5, 0.6) is 5.75 Å². The van der Waals surface area contributed by atoms with E-state index in [4.69, 9.17) is 9.47 Å². The SMILES string of the molecule is CCC(NC(=O)c1ccccc1CNC(=O)OC(C)(C)C)c1ccccc1OC. The van der Waals surface area contributed by atoms with Crippen molar-refractivity contribution in [1.82, 2.24) is 10.6 Å². The topological polar surface area (TPSA) is 76.7 Å². The van der Waals surface area contributed by atoms with E-state index in [1.54, 1.807) is 40.0 Å². The fourth-order valence-corrected chi connectivity index (χ4v) is 2.97. The van der Waals surface area contributed by atoms with Crippen molar-refractivity contribution < 1.29 is 19.1 Å². The predicted octanol–water partition coefficient (Wildman–Crippen LogP) is 4.60. The molecule has 2 amide bonds. The van der Waals surface area contributed by atoms with Crippen LogP contribution in [0.2, 0.25) is 0 Å². The van der Waals surface area contributed by atoms with Gasteiger partial charge in [0.1, 0.15) is 11.4 Å². The van der Waals surface area contributed by atoms with Crippen LogP contribution in [-0.2, 0) is 11.3 Å². The Labute approximate surface area is 172 Å². The van der Waals surface area contributed by atoms with E-state index in [2.05, 4.69) is 10.6 Å². The van der Waals surface area contributed by atoms with Gasteiger partial charge in [-0.2, -0.15) is 0 Å². The number of methoxy groups -OCH3 is 1. The Hall–Kier alpha value is -3.02. The van der Waals surface area contributed by atoms with Crippen LogP contribution in [0.15, 0.2) is 48.5 Å². The van der Waals surface area contributed by atoms with E-state index < -0.39 is 11.7 Å². The minimum absolute atomic E-state index is 0.189. The lowest BCUT2D eigenvalue weighted by molar-refractivity contribution is 0.0522. The van der Waals surface area contributed by atoms with Crippen molar-refractivity contribution in [3.8, 4) is 5.75 Å². The summed E-state index contributed by atoms with van der Waals surface area (Å²) in [6, 6.07) is 14.7. The van der Waals surface area contributed by atoms with Crippen molar-refractivity contribution in [2.45, 2.75) is 52.3 Å². The molecule has 0 bridgehead atoms. The molecule has 0 spiro atoms. The van der Waals surface area contributed by atoms with Crippen molar-refractivity contribution >= 4 is 12.0 Å². The second-order valence-electron chi connectivity index (χ2n) is 7.69. The van der Waals surface area contributed by atoms with E-state index in [0.717, 1.165) is 11.3 Å². The van der Waals surface area contributed by atoms with E-state index >= 15 is 0 Å². The Morgan fingerprint density at radius 2 is 1.69 bits per heavy atom. The molecule has 6 heteroatoms. The zero-order chi connectivity index (χ0) is 21.4. The molecule has 0 aliphatic rings. The number of amides is 2. The van der Waals surface area contributed by atoms with Gasteiger partial charge in [-0.05, 0) is 44.9 Å². The summed E-state index contributed by atoms with van der Waals surface area (Å²) in [5, 5.41) is 5.78. The average molecular weight is 399 g/mol. The van der Waals surface area contributed by atoms with Gasteiger partial charge >= 0.3 is 6.09 Å².